The molecule has 0 saturated carbocycles. The number of carbonyl (C=O) groups excluding carboxylic acids is 1. The predicted molar refractivity (Wildman–Crippen MR) is 101 cm³/mol. The molecule has 0 aliphatic carbocycles. The summed E-state index contributed by atoms with van der Waals surface area (Å²) < 4.78 is 39.7. The minimum Gasteiger partial charge on any atom is -0.268 e. The molecule has 0 bridgehead atoms. The van der Waals surface area contributed by atoms with Crippen molar-refractivity contribution in [3.8, 4) is 0 Å². The second-order valence-corrected chi connectivity index (χ2v) is 7.71. The van der Waals surface area contributed by atoms with Crippen LogP contribution in [0.2, 0.25) is 0 Å². The zero-order valence-corrected chi connectivity index (χ0v) is 15.6. The van der Waals surface area contributed by atoms with E-state index in [-0.39, 0.29) is 10.0 Å². The highest BCUT2D eigenvalue weighted by molar-refractivity contribution is 9.10. The molecule has 0 atom stereocenters. The molecule has 0 N–H and O–H groups in total. The minimum absolute atomic E-state index is 0.106. The standard InChI is InChI=1S/C17H9BrF3NOS2/c18-12-5-1-3-10(7-12)8-14-15(23)22(16(24)25-14)13-6-2-4-11(9-13)17(19,20)21/h1-9H/b14-8+. The number of nitrogens with zero attached hydrogens (tertiary/aromatic N) is 1. The predicted octanol–water partition coefficient (Wildman–Crippen LogP) is 5.87. The number of carbonyl (C=O) groups is 1. The summed E-state index contributed by atoms with van der Waals surface area (Å²) in [5, 5.41) is 0. The number of hydrogen-bond donors (Lipinski definition) is 0. The summed E-state index contributed by atoms with van der Waals surface area (Å²) in [6.45, 7) is 0. The van der Waals surface area contributed by atoms with E-state index in [0.29, 0.717) is 4.91 Å². The topological polar surface area (TPSA) is 20.3 Å². The van der Waals surface area contributed by atoms with Crippen LogP contribution >= 0.6 is 39.9 Å². The van der Waals surface area contributed by atoms with Crippen molar-refractivity contribution >= 4 is 61.9 Å². The van der Waals surface area contributed by atoms with Crippen LogP contribution < -0.4 is 4.90 Å². The zero-order valence-electron chi connectivity index (χ0n) is 12.4. The molecule has 1 aliphatic heterocycles. The van der Waals surface area contributed by atoms with Gasteiger partial charge in [0.05, 0.1) is 16.2 Å². The fraction of sp³-hybridized carbons (Fsp3) is 0.0588. The van der Waals surface area contributed by atoms with Crippen molar-refractivity contribution in [2.45, 2.75) is 6.18 Å². The van der Waals surface area contributed by atoms with Gasteiger partial charge >= 0.3 is 6.18 Å². The lowest BCUT2D eigenvalue weighted by molar-refractivity contribution is -0.137. The van der Waals surface area contributed by atoms with Gasteiger partial charge in [0.1, 0.15) is 0 Å². The third-order valence-corrected chi connectivity index (χ3v) is 5.17. The Labute approximate surface area is 159 Å². The van der Waals surface area contributed by atoms with Crippen LogP contribution in [0.15, 0.2) is 57.9 Å². The zero-order chi connectivity index (χ0) is 18.2. The van der Waals surface area contributed by atoms with Gasteiger partial charge in [-0.05, 0) is 42.0 Å². The van der Waals surface area contributed by atoms with Crippen LogP contribution in [0, 0.1) is 0 Å². The number of rotatable bonds is 2. The third kappa shape index (κ3) is 3.96. The Balaban J connectivity index is 1.95. The van der Waals surface area contributed by atoms with E-state index in [2.05, 4.69) is 15.9 Å². The lowest BCUT2D eigenvalue weighted by atomic mass is 10.1. The molecule has 8 heteroatoms. The van der Waals surface area contributed by atoms with Crippen molar-refractivity contribution in [3.63, 3.8) is 0 Å². The molecule has 1 saturated heterocycles. The van der Waals surface area contributed by atoms with Gasteiger partial charge in [-0.3, -0.25) is 9.69 Å². The van der Waals surface area contributed by atoms with Crippen molar-refractivity contribution in [1.29, 1.82) is 0 Å². The van der Waals surface area contributed by atoms with Gasteiger partial charge in [-0.15, -0.1) is 0 Å². The van der Waals surface area contributed by atoms with E-state index in [4.69, 9.17) is 12.2 Å². The summed E-state index contributed by atoms with van der Waals surface area (Å²) in [7, 11) is 0. The minimum atomic E-state index is -4.48. The van der Waals surface area contributed by atoms with Crippen LogP contribution in [0.1, 0.15) is 11.1 Å². The van der Waals surface area contributed by atoms with Gasteiger partial charge in [0.2, 0.25) is 0 Å². The van der Waals surface area contributed by atoms with Crippen molar-refractivity contribution < 1.29 is 18.0 Å². The number of alkyl halides is 3. The van der Waals surface area contributed by atoms with Crippen LogP contribution in [0.5, 0.6) is 0 Å². The van der Waals surface area contributed by atoms with E-state index >= 15 is 0 Å². The lowest BCUT2D eigenvalue weighted by Gasteiger charge is -2.16. The van der Waals surface area contributed by atoms with Crippen LogP contribution in [0.25, 0.3) is 6.08 Å². The van der Waals surface area contributed by atoms with E-state index in [1.54, 1.807) is 6.08 Å². The Morgan fingerprint density at radius 3 is 2.52 bits per heavy atom. The maximum absolute atomic E-state index is 12.9. The molecule has 25 heavy (non-hydrogen) atoms. The van der Waals surface area contributed by atoms with E-state index < -0.39 is 17.6 Å². The summed E-state index contributed by atoms with van der Waals surface area (Å²) in [5.74, 6) is -0.436. The van der Waals surface area contributed by atoms with Gasteiger partial charge in [0.25, 0.3) is 5.91 Å². The summed E-state index contributed by atoms with van der Waals surface area (Å²) in [5.41, 5.74) is 0.0731. The molecule has 0 unspecified atom stereocenters. The molecule has 3 rings (SSSR count). The average Bonchev–Trinajstić information content (AvgIpc) is 2.81. The molecule has 0 aromatic heterocycles. The first kappa shape index (κ1) is 18.2. The fourth-order valence-electron chi connectivity index (χ4n) is 2.26. The lowest BCUT2D eigenvalue weighted by Crippen LogP contribution is -2.27. The molecule has 1 amide bonds. The molecule has 2 nitrogen and oxygen atoms in total. The van der Waals surface area contributed by atoms with Gasteiger partial charge in [-0.25, -0.2) is 0 Å². The maximum Gasteiger partial charge on any atom is 0.416 e. The fourth-order valence-corrected chi connectivity index (χ4v) is 3.98. The van der Waals surface area contributed by atoms with Crippen LogP contribution in [0.3, 0.4) is 0 Å². The molecule has 2 aromatic rings. The average molecular weight is 444 g/mol. The quantitative estimate of drug-likeness (QED) is 0.427. The third-order valence-electron chi connectivity index (χ3n) is 3.37. The van der Waals surface area contributed by atoms with E-state index in [9.17, 15) is 18.0 Å². The summed E-state index contributed by atoms with van der Waals surface area (Å²) >= 11 is 9.60. The number of hydrogen-bond acceptors (Lipinski definition) is 3. The highest BCUT2D eigenvalue weighted by Crippen LogP contribution is 2.38. The second kappa shape index (κ2) is 6.93. The van der Waals surface area contributed by atoms with Gasteiger partial charge in [0.15, 0.2) is 4.32 Å². The van der Waals surface area contributed by atoms with Crippen molar-refractivity contribution in [1.82, 2.24) is 0 Å². The monoisotopic (exact) mass is 443 g/mol. The van der Waals surface area contributed by atoms with Crippen molar-refractivity contribution in [3.05, 3.63) is 69.0 Å². The molecular formula is C17H9BrF3NOS2. The number of halogens is 4. The maximum atomic E-state index is 12.9. The number of anilines is 1. The Kier molecular flexibility index (Phi) is 5.04. The molecule has 1 heterocycles. The number of benzene rings is 2. The largest absolute Gasteiger partial charge is 0.416 e. The van der Waals surface area contributed by atoms with Crippen LogP contribution in [-0.2, 0) is 11.0 Å². The summed E-state index contributed by atoms with van der Waals surface area (Å²) in [6.07, 6.45) is -2.82. The smallest absolute Gasteiger partial charge is 0.268 e. The van der Waals surface area contributed by atoms with Crippen LogP contribution in [0.4, 0.5) is 18.9 Å². The number of amides is 1. The van der Waals surface area contributed by atoms with E-state index in [1.807, 2.05) is 24.3 Å². The normalized spacial score (nSPS) is 16.8. The van der Waals surface area contributed by atoms with Gasteiger partial charge in [0, 0.05) is 4.47 Å². The SMILES string of the molecule is O=C1/C(=C\c2cccc(Br)c2)SC(=S)N1c1cccc(C(F)(F)F)c1. The molecule has 0 spiro atoms. The van der Waals surface area contributed by atoms with E-state index in [1.165, 1.54) is 12.1 Å². The van der Waals surface area contributed by atoms with Crippen molar-refractivity contribution in [2.75, 3.05) is 4.90 Å². The van der Waals surface area contributed by atoms with Crippen molar-refractivity contribution in [2.24, 2.45) is 0 Å². The Morgan fingerprint density at radius 2 is 1.84 bits per heavy atom. The Hall–Kier alpha value is -1.64. The summed E-state index contributed by atoms with van der Waals surface area (Å²) in [4.78, 5) is 14.1. The van der Waals surface area contributed by atoms with Gasteiger partial charge in [-0.2, -0.15) is 13.2 Å². The Bertz CT molecular complexity index is 895. The molecule has 1 aliphatic rings. The molecule has 2 aromatic carbocycles. The highest BCUT2D eigenvalue weighted by atomic mass is 79.9. The first-order valence-corrected chi connectivity index (χ1v) is 8.98. The first-order valence-electron chi connectivity index (χ1n) is 6.96. The molecule has 1 fully saturated rings. The van der Waals surface area contributed by atoms with Crippen LogP contribution in [-0.4, -0.2) is 10.2 Å². The second-order valence-electron chi connectivity index (χ2n) is 5.12. The first-order chi connectivity index (χ1) is 11.8. The molecule has 128 valence electrons. The highest BCUT2D eigenvalue weighted by Gasteiger charge is 2.36. The molecule has 0 radical (unpaired) electrons. The summed E-state index contributed by atoms with van der Waals surface area (Å²) in [6, 6.07) is 11.9. The Morgan fingerprint density at radius 1 is 1.12 bits per heavy atom. The van der Waals surface area contributed by atoms with Gasteiger partial charge in [-0.1, -0.05) is 58.1 Å². The number of thioether (sulfide) groups is 1. The van der Waals surface area contributed by atoms with Gasteiger partial charge < -0.3 is 0 Å². The molecular weight excluding hydrogens is 435 g/mol. The number of thiocarbonyl (C=S) groups is 1. The van der Waals surface area contributed by atoms with E-state index in [0.717, 1.165) is 38.8 Å².